The maximum Gasteiger partial charge on any atom is 0.0431 e. The van der Waals surface area contributed by atoms with Gasteiger partial charge in [-0.25, -0.2) is 0 Å². The van der Waals surface area contributed by atoms with Gasteiger partial charge in [0.1, 0.15) is 0 Å². The predicted octanol–water partition coefficient (Wildman–Crippen LogP) is 4.39. The number of aliphatic hydroxyl groups is 2. The van der Waals surface area contributed by atoms with Gasteiger partial charge in [0.05, 0.1) is 0 Å². The first kappa shape index (κ1) is 19.3. The SMILES string of the molecule is OCCCCCCCCCCCCSCCCCO. The normalized spacial score (nSPS) is 11.1. The summed E-state index contributed by atoms with van der Waals surface area (Å²) in [6.07, 6.45) is 15.3. The molecule has 0 aromatic carbocycles. The molecule has 2 nitrogen and oxygen atoms in total. The molecule has 0 atom stereocenters. The Labute approximate surface area is 124 Å². The highest BCUT2D eigenvalue weighted by Crippen LogP contribution is 2.13. The number of rotatable bonds is 16. The van der Waals surface area contributed by atoms with E-state index in [4.69, 9.17) is 10.2 Å². The Hall–Kier alpha value is 0.270. The quantitative estimate of drug-likeness (QED) is 0.414. The minimum absolute atomic E-state index is 0.348. The third-order valence-corrected chi connectivity index (χ3v) is 4.55. The van der Waals surface area contributed by atoms with Crippen LogP contribution in [0, 0.1) is 0 Å². The number of hydrogen-bond acceptors (Lipinski definition) is 3. The number of thioether (sulfide) groups is 1. The van der Waals surface area contributed by atoms with Gasteiger partial charge in [0.15, 0.2) is 0 Å². The van der Waals surface area contributed by atoms with Crippen molar-refractivity contribution in [1.82, 2.24) is 0 Å². The molecule has 0 fully saturated rings. The van der Waals surface area contributed by atoms with Gasteiger partial charge in [-0.3, -0.25) is 0 Å². The summed E-state index contributed by atoms with van der Waals surface area (Å²) in [6.45, 7) is 0.707. The van der Waals surface area contributed by atoms with Gasteiger partial charge in [0.25, 0.3) is 0 Å². The van der Waals surface area contributed by atoms with Crippen LogP contribution in [-0.2, 0) is 0 Å². The summed E-state index contributed by atoms with van der Waals surface area (Å²) in [7, 11) is 0. The zero-order valence-electron chi connectivity index (χ0n) is 12.6. The van der Waals surface area contributed by atoms with E-state index in [1.165, 1.54) is 69.3 Å². The Kier molecular flexibility index (Phi) is 18.5. The van der Waals surface area contributed by atoms with E-state index in [0.717, 1.165) is 19.3 Å². The van der Waals surface area contributed by atoms with Crippen LogP contribution in [0.15, 0.2) is 0 Å². The third kappa shape index (κ3) is 18.3. The van der Waals surface area contributed by atoms with Crippen LogP contribution in [0.1, 0.15) is 77.0 Å². The molecule has 0 spiro atoms. The molecule has 0 aromatic heterocycles. The fourth-order valence-electron chi connectivity index (χ4n) is 2.15. The largest absolute Gasteiger partial charge is 0.396 e. The Bertz CT molecular complexity index is 138. The Morgan fingerprint density at radius 2 is 0.737 bits per heavy atom. The van der Waals surface area contributed by atoms with E-state index < -0.39 is 0 Å². The maximum absolute atomic E-state index is 8.66. The second-order valence-electron chi connectivity index (χ2n) is 5.30. The topological polar surface area (TPSA) is 40.5 Å². The molecule has 0 rings (SSSR count). The molecule has 19 heavy (non-hydrogen) atoms. The summed E-state index contributed by atoms with van der Waals surface area (Å²) in [5.74, 6) is 2.51. The van der Waals surface area contributed by atoms with Crippen molar-refractivity contribution in [3.63, 3.8) is 0 Å². The van der Waals surface area contributed by atoms with Crippen molar-refractivity contribution in [3.8, 4) is 0 Å². The van der Waals surface area contributed by atoms with Crippen molar-refractivity contribution < 1.29 is 10.2 Å². The van der Waals surface area contributed by atoms with Gasteiger partial charge >= 0.3 is 0 Å². The van der Waals surface area contributed by atoms with Crippen LogP contribution in [0.2, 0.25) is 0 Å². The lowest BCUT2D eigenvalue weighted by Crippen LogP contribution is -1.88. The first-order chi connectivity index (χ1) is 9.41. The number of unbranched alkanes of at least 4 members (excludes halogenated alkanes) is 10. The minimum atomic E-state index is 0.348. The Morgan fingerprint density at radius 1 is 0.421 bits per heavy atom. The van der Waals surface area contributed by atoms with Crippen LogP contribution in [-0.4, -0.2) is 34.9 Å². The van der Waals surface area contributed by atoms with E-state index in [-0.39, 0.29) is 0 Å². The van der Waals surface area contributed by atoms with Gasteiger partial charge in [-0.1, -0.05) is 51.4 Å². The highest BCUT2D eigenvalue weighted by Gasteiger charge is 1.94. The standard InChI is InChI=1S/C16H34O2S/c17-13-9-7-5-3-1-2-4-6-8-11-15-19-16-12-10-14-18/h17-18H,1-16H2. The van der Waals surface area contributed by atoms with Crippen LogP contribution in [0.4, 0.5) is 0 Å². The summed E-state index contributed by atoms with van der Waals surface area (Å²) in [5, 5.41) is 17.3. The summed E-state index contributed by atoms with van der Waals surface area (Å²) < 4.78 is 0. The molecule has 0 heterocycles. The Morgan fingerprint density at radius 3 is 1.21 bits per heavy atom. The Balaban J connectivity index is 2.88. The van der Waals surface area contributed by atoms with Gasteiger partial charge in [-0.2, -0.15) is 11.8 Å². The van der Waals surface area contributed by atoms with Crippen molar-refractivity contribution in [2.24, 2.45) is 0 Å². The van der Waals surface area contributed by atoms with E-state index in [0.29, 0.717) is 13.2 Å². The van der Waals surface area contributed by atoms with E-state index in [9.17, 15) is 0 Å². The summed E-state index contributed by atoms with van der Waals surface area (Å²) in [6, 6.07) is 0. The van der Waals surface area contributed by atoms with Crippen LogP contribution in [0.25, 0.3) is 0 Å². The van der Waals surface area contributed by atoms with Gasteiger partial charge in [0, 0.05) is 13.2 Å². The lowest BCUT2D eigenvalue weighted by molar-refractivity contribution is 0.282. The van der Waals surface area contributed by atoms with Crippen molar-refractivity contribution in [1.29, 1.82) is 0 Å². The van der Waals surface area contributed by atoms with Crippen LogP contribution >= 0.6 is 11.8 Å². The van der Waals surface area contributed by atoms with Crippen molar-refractivity contribution >= 4 is 11.8 Å². The summed E-state index contributed by atoms with van der Waals surface area (Å²) >= 11 is 2.04. The molecule has 3 heteroatoms. The molecular formula is C16H34O2S. The molecular weight excluding hydrogens is 256 g/mol. The second kappa shape index (κ2) is 18.3. The maximum atomic E-state index is 8.66. The summed E-state index contributed by atoms with van der Waals surface area (Å²) in [4.78, 5) is 0. The molecule has 0 aliphatic rings. The molecule has 0 saturated heterocycles. The molecule has 0 amide bonds. The third-order valence-electron chi connectivity index (χ3n) is 3.39. The zero-order chi connectivity index (χ0) is 14.0. The minimum Gasteiger partial charge on any atom is -0.396 e. The van der Waals surface area contributed by atoms with E-state index in [1.807, 2.05) is 11.8 Å². The fraction of sp³-hybridized carbons (Fsp3) is 1.00. The van der Waals surface area contributed by atoms with Crippen LogP contribution < -0.4 is 0 Å². The average Bonchev–Trinajstić information content (AvgIpc) is 2.43. The molecule has 0 radical (unpaired) electrons. The number of aliphatic hydroxyl groups excluding tert-OH is 2. The van der Waals surface area contributed by atoms with Gasteiger partial charge in [-0.05, 0) is 37.2 Å². The molecule has 0 aliphatic carbocycles. The number of hydrogen-bond donors (Lipinski definition) is 2. The molecule has 0 unspecified atom stereocenters. The van der Waals surface area contributed by atoms with Crippen molar-refractivity contribution in [2.45, 2.75) is 77.0 Å². The smallest absolute Gasteiger partial charge is 0.0431 e. The zero-order valence-corrected chi connectivity index (χ0v) is 13.4. The van der Waals surface area contributed by atoms with Crippen molar-refractivity contribution in [3.05, 3.63) is 0 Å². The lowest BCUT2D eigenvalue weighted by atomic mass is 10.1. The second-order valence-corrected chi connectivity index (χ2v) is 6.53. The molecule has 0 aromatic rings. The highest BCUT2D eigenvalue weighted by molar-refractivity contribution is 7.99. The average molecular weight is 291 g/mol. The van der Waals surface area contributed by atoms with E-state index in [1.54, 1.807) is 0 Å². The monoisotopic (exact) mass is 290 g/mol. The van der Waals surface area contributed by atoms with Crippen LogP contribution in [0.3, 0.4) is 0 Å². The van der Waals surface area contributed by atoms with Crippen molar-refractivity contribution in [2.75, 3.05) is 24.7 Å². The van der Waals surface area contributed by atoms with E-state index in [2.05, 4.69) is 0 Å². The summed E-state index contributed by atoms with van der Waals surface area (Å²) in [5.41, 5.74) is 0. The first-order valence-corrected chi connectivity index (χ1v) is 9.36. The molecule has 116 valence electrons. The fourth-order valence-corrected chi connectivity index (χ4v) is 3.17. The first-order valence-electron chi connectivity index (χ1n) is 8.21. The molecule has 0 saturated carbocycles. The highest BCUT2D eigenvalue weighted by atomic mass is 32.2. The van der Waals surface area contributed by atoms with Gasteiger partial charge < -0.3 is 10.2 Å². The molecule has 0 bridgehead atoms. The predicted molar refractivity (Wildman–Crippen MR) is 86.9 cm³/mol. The lowest BCUT2D eigenvalue weighted by Gasteiger charge is -2.03. The van der Waals surface area contributed by atoms with Gasteiger partial charge in [-0.15, -0.1) is 0 Å². The van der Waals surface area contributed by atoms with Crippen LogP contribution in [0.5, 0.6) is 0 Å². The molecule has 0 aliphatic heterocycles. The van der Waals surface area contributed by atoms with Gasteiger partial charge in [0.2, 0.25) is 0 Å². The van der Waals surface area contributed by atoms with E-state index >= 15 is 0 Å². The molecule has 2 N–H and O–H groups in total.